The van der Waals surface area contributed by atoms with Gasteiger partial charge in [0.1, 0.15) is 39.6 Å². The third kappa shape index (κ3) is 17.0. The van der Waals surface area contributed by atoms with Crippen molar-refractivity contribution in [3.05, 3.63) is 75.9 Å². The molecule has 0 rings (SSSR count). The number of rotatable bonds is 20. The Kier molecular flexibility index (Phi) is 20.6. The molecule has 0 heterocycles. The van der Waals surface area contributed by atoms with E-state index in [0.717, 1.165) is 36.5 Å². The summed E-state index contributed by atoms with van der Waals surface area (Å²) in [6.07, 6.45) is 6.32. The lowest BCUT2D eigenvalue weighted by molar-refractivity contribution is -0.160. The summed E-state index contributed by atoms with van der Waals surface area (Å²) in [5.74, 6) is -4.01. The summed E-state index contributed by atoms with van der Waals surface area (Å²) in [6.45, 7) is 19.6. The van der Waals surface area contributed by atoms with Gasteiger partial charge in [-0.15, -0.1) is 0 Å². The molecule has 1 N–H and O–H groups in total. The van der Waals surface area contributed by atoms with Gasteiger partial charge in [-0.25, -0.2) is 28.8 Å². The number of carbonyl (C=O) groups excluding carboxylic acids is 6. The molecule has 0 aliphatic heterocycles. The van der Waals surface area contributed by atoms with E-state index in [4.69, 9.17) is 28.4 Å². The van der Waals surface area contributed by atoms with E-state index < -0.39 is 53.3 Å². The van der Waals surface area contributed by atoms with E-state index in [1.807, 2.05) is 0 Å². The summed E-state index contributed by atoms with van der Waals surface area (Å²) in [7, 11) is 0. The molecule has 0 spiro atoms. The fourth-order valence-electron chi connectivity index (χ4n) is 2.39. The van der Waals surface area contributed by atoms with Gasteiger partial charge in [-0.3, -0.25) is 0 Å². The average molecular weight is 595 g/mol. The molecule has 0 saturated heterocycles. The average Bonchev–Trinajstić information content (AvgIpc) is 3.03. The predicted octanol–water partition coefficient (Wildman–Crippen LogP) is 1.72. The molecule has 0 bridgehead atoms. The number of aliphatic hydroxyl groups is 1. The number of carbonyl (C=O) groups is 6. The van der Waals surface area contributed by atoms with Crippen LogP contribution in [0.3, 0.4) is 0 Å². The SMILES string of the molecule is C=CC(=O)OCC(CC)(COC(=O)C=C)COC(=O)C=C.C=CC(=O)OCC(CO)(COC(=O)C=C)COC(=O)C=C. The van der Waals surface area contributed by atoms with Gasteiger partial charge in [0.05, 0.1) is 17.4 Å². The van der Waals surface area contributed by atoms with Crippen molar-refractivity contribution < 1.29 is 62.3 Å². The van der Waals surface area contributed by atoms with Gasteiger partial charge < -0.3 is 33.5 Å². The molecule has 0 aromatic rings. The van der Waals surface area contributed by atoms with Crippen LogP contribution < -0.4 is 0 Å². The van der Waals surface area contributed by atoms with Crippen molar-refractivity contribution in [3.8, 4) is 0 Å². The minimum absolute atomic E-state index is 0.0802. The molecule has 13 heteroatoms. The van der Waals surface area contributed by atoms with Crippen molar-refractivity contribution in [1.82, 2.24) is 0 Å². The van der Waals surface area contributed by atoms with Crippen LogP contribution in [0, 0.1) is 10.8 Å². The first-order valence-electron chi connectivity index (χ1n) is 12.2. The van der Waals surface area contributed by atoms with Crippen LogP contribution in [0.2, 0.25) is 0 Å². The molecular weight excluding hydrogens is 556 g/mol. The molecule has 0 amide bonds. The maximum atomic E-state index is 11.2. The van der Waals surface area contributed by atoms with E-state index in [-0.39, 0.29) is 39.6 Å². The summed E-state index contributed by atoms with van der Waals surface area (Å²) in [5, 5.41) is 9.48. The van der Waals surface area contributed by atoms with Crippen LogP contribution in [0.25, 0.3) is 0 Å². The summed E-state index contributed by atoms with van der Waals surface area (Å²) < 4.78 is 29.4. The third-order valence-electron chi connectivity index (χ3n) is 5.21. The zero-order chi connectivity index (χ0) is 32.6. The lowest BCUT2D eigenvalue weighted by Crippen LogP contribution is -2.42. The van der Waals surface area contributed by atoms with E-state index in [1.165, 1.54) is 0 Å². The number of hydrogen-bond donors (Lipinski definition) is 1. The van der Waals surface area contributed by atoms with Crippen LogP contribution >= 0.6 is 0 Å². The predicted molar refractivity (Wildman–Crippen MR) is 149 cm³/mol. The standard InChI is InChI=1S/C15H20O6.C14H18O7/c1-5-12(16)19-9-15(8-4,10-20-13(17)6-2)11-21-14(18)7-3;1-4-11(16)19-8-14(7-15,9-20-12(17)5-2)10-21-13(18)6-3/h5-7H,1-3,8-11H2,4H3;4-6,15H,1-3,7-10H2. The largest absolute Gasteiger partial charge is 0.462 e. The maximum absolute atomic E-state index is 11.2. The van der Waals surface area contributed by atoms with Crippen molar-refractivity contribution in [3.63, 3.8) is 0 Å². The second kappa shape index (κ2) is 22.0. The fourth-order valence-corrected chi connectivity index (χ4v) is 2.39. The molecule has 42 heavy (non-hydrogen) atoms. The van der Waals surface area contributed by atoms with Crippen molar-refractivity contribution in [2.24, 2.45) is 10.8 Å². The van der Waals surface area contributed by atoms with Crippen molar-refractivity contribution in [2.45, 2.75) is 13.3 Å². The van der Waals surface area contributed by atoms with Crippen LogP contribution in [-0.4, -0.2) is 87.2 Å². The summed E-state index contributed by atoms with van der Waals surface area (Å²) in [6, 6.07) is 0. The van der Waals surface area contributed by atoms with Gasteiger partial charge in [-0.2, -0.15) is 0 Å². The summed E-state index contributed by atoms with van der Waals surface area (Å²) in [5.41, 5.74) is -2.12. The zero-order valence-corrected chi connectivity index (χ0v) is 23.7. The topological polar surface area (TPSA) is 178 Å². The molecule has 0 saturated carbocycles. The normalized spacial score (nSPS) is 10.1. The minimum atomic E-state index is -1.28. The molecule has 0 atom stereocenters. The monoisotopic (exact) mass is 594 g/mol. The molecule has 13 nitrogen and oxygen atoms in total. The third-order valence-corrected chi connectivity index (χ3v) is 5.21. The van der Waals surface area contributed by atoms with Crippen LogP contribution in [0.5, 0.6) is 0 Å². The zero-order valence-electron chi connectivity index (χ0n) is 23.7. The van der Waals surface area contributed by atoms with Crippen molar-refractivity contribution in [2.75, 3.05) is 46.2 Å². The highest BCUT2D eigenvalue weighted by Gasteiger charge is 2.35. The van der Waals surface area contributed by atoms with Crippen molar-refractivity contribution >= 4 is 35.8 Å². The second-order valence-corrected chi connectivity index (χ2v) is 8.38. The number of aliphatic hydroxyl groups excluding tert-OH is 1. The molecule has 0 aliphatic carbocycles. The van der Waals surface area contributed by atoms with E-state index in [1.54, 1.807) is 6.92 Å². The van der Waals surface area contributed by atoms with Gasteiger partial charge in [-0.1, -0.05) is 46.4 Å². The Morgan fingerprint density at radius 2 is 0.667 bits per heavy atom. The Morgan fingerprint density at radius 1 is 0.476 bits per heavy atom. The van der Waals surface area contributed by atoms with E-state index >= 15 is 0 Å². The van der Waals surface area contributed by atoms with Gasteiger partial charge in [-0.05, 0) is 6.42 Å². The van der Waals surface area contributed by atoms with Gasteiger partial charge in [0, 0.05) is 36.5 Å². The fraction of sp³-hybridized carbons (Fsp3) is 0.379. The minimum Gasteiger partial charge on any atom is -0.462 e. The lowest BCUT2D eigenvalue weighted by atomic mass is 9.88. The first-order valence-corrected chi connectivity index (χ1v) is 12.2. The van der Waals surface area contributed by atoms with Crippen LogP contribution in [0.15, 0.2) is 75.9 Å². The second-order valence-electron chi connectivity index (χ2n) is 8.38. The molecule has 0 aliphatic rings. The van der Waals surface area contributed by atoms with Gasteiger partial charge in [0.15, 0.2) is 0 Å². The highest BCUT2D eigenvalue weighted by molar-refractivity contribution is 5.83. The van der Waals surface area contributed by atoms with E-state index in [0.29, 0.717) is 6.42 Å². The Balaban J connectivity index is 0. The van der Waals surface area contributed by atoms with E-state index in [2.05, 4.69) is 39.5 Å². The first kappa shape index (κ1) is 39.4. The Morgan fingerprint density at radius 3 is 0.810 bits per heavy atom. The first-order chi connectivity index (χ1) is 19.8. The van der Waals surface area contributed by atoms with Gasteiger partial charge in [0.25, 0.3) is 0 Å². The highest BCUT2D eigenvalue weighted by Crippen LogP contribution is 2.24. The number of hydrogen-bond acceptors (Lipinski definition) is 13. The van der Waals surface area contributed by atoms with E-state index in [9.17, 15) is 33.9 Å². The number of esters is 6. The molecular formula is C29H38O13. The highest BCUT2D eigenvalue weighted by atomic mass is 16.6. The van der Waals surface area contributed by atoms with Gasteiger partial charge in [0.2, 0.25) is 0 Å². The molecule has 0 radical (unpaired) electrons. The Hall–Kier alpha value is -4.78. The smallest absolute Gasteiger partial charge is 0.330 e. The quantitative estimate of drug-likeness (QED) is 0.122. The maximum Gasteiger partial charge on any atom is 0.330 e. The molecule has 0 aromatic heterocycles. The summed E-state index contributed by atoms with van der Waals surface area (Å²) >= 11 is 0. The van der Waals surface area contributed by atoms with Crippen LogP contribution in [0.4, 0.5) is 0 Å². The molecule has 0 unspecified atom stereocenters. The molecule has 232 valence electrons. The van der Waals surface area contributed by atoms with Gasteiger partial charge >= 0.3 is 35.8 Å². The van der Waals surface area contributed by atoms with Crippen LogP contribution in [-0.2, 0) is 57.2 Å². The molecule has 0 fully saturated rings. The Labute approximate surface area is 244 Å². The Bertz CT molecular complexity index is 809. The molecule has 0 aromatic carbocycles. The van der Waals surface area contributed by atoms with Crippen LogP contribution in [0.1, 0.15) is 13.3 Å². The number of ether oxygens (including phenoxy) is 6. The summed E-state index contributed by atoms with van der Waals surface area (Å²) in [4.78, 5) is 66.8. The lowest BCUT2D eigenvalue weighted by Gasteiger charge is -2.30. The van der Waals surface area contributed by atoms with Crippen molar-refractivity contribution in [1.29, 1.82) is 0 Å².